The molecule has 0 aliphatic rings. The Balaban J connectivity index is 1.98. The van der Waals surface area contributed by atoms with E-state index in [1.54, 1.807) is 12.4 Å². The summed E-state index contributed by atoms with van der Waals surface area (Å²) in [6.45, 7) is 5.12. The second kappa shape index (κ2) is 6.81. The van der Waals surface area contributed by atoms with Crippen LogP contribution in [0.5, 0.6) is 5.75 Å². The molecule has 3 aromatic heterocycles. The number of hydrogen-bond donors (Lipinski definition) is 2. The van der Waals surface area contributed by atoms with Gasteiger partial charge in [0.05, 0.1) is 18.7 Å². The summed E-state index contributed by atoms with van der Waals surface area (Å²) in [4.78, 5) is 8.61. The smallest absolute Gasteiger partial charge is 0.391 e. The quantitative estimate of drug-likeness (QED) is 0.694. The van der Waals surface area contributed by atoms with Gasteiger partial charge < -0.3 is 10.1 Å². The molecule has 8 nitrogen and oxygen atoms in total. The van der Waals surface area contributed by atoms with E-state index in [9.17, 15) is 13.2 Å². The topological polar surface area (TPSA) is 93.0 Å². The van der Waals surface area contributed by atoms with Crippen LogP contribution in [0.25, 0.3) is 16.9 Å². The van der Waals surface area contributed by atoms with Gasteiger partial charge in [-0.05, 0) is 20.8 Å². The van der Waals surface area contributed by atoms with Crippen molar-refractivity contribution in [1.82, 2.24) is 29.8 Å². The van der Waals surface area contributed by atoms with E-state index < -0.39 is 18.6 Å². The van der Waals surface area contributed by atoms with E-state index >= 15 is 0 Å². The van der Waals surface area contributed by atoms with Gasteiger partial charge in [0, 0.05) is 17.8 Å². The van der Waals surface area contributed by atoms with Crippen molar-refractivity contribution in [1.29, 1.82) is 0 Å². The Hall–Kier alpha value is -2.85. The lowest BCUT2D eigenvalue weighted by Crippen LogP contribution is -2.24. The largest absolute Gasteiger partial charge is 0.485 e. The van der Waals surface area contributed by atoms with Crippen molar-refractivity contribution >= 4 is 11.6 Å². The van der Waals surface area contributed by atoms with Gasteiger partial charge in [-0.15, -0.1) is 5.10 Å². The average Bonchev–Trinajstić information content (AvgIpc) is 3.13. The van der Waals surface area contributed by atoms with Gasteiger partial charge in [0.1, 0.15) is 12.0 Å². The van der Waals surface area contributed by atoms with E-state index in [0.717, 1.165) is 0 Å². The summed E-state index contributed by atoms with van der Waals surface area (Å²) >= 11 is 0. The van der Waals surface area contributed by atoms with E-state index in [0.29, 0.717) is 22.7 Å². The third-order valence-electron chi connectivity index (χ3n) is 3.38. The lowest BCUT2D eigenvalue weighted by Gasteiger charge is -2.14. The minimum absolute atomic E-state index is 0.0708. The summed E-state index contributed by atoms with van der Waals surface area (Å²) < 4.78 is 44.7. The zero-order valence-corrected chi connectivity index (χ0v) is 14.4. The van der Waals surface area contributed by atoms with E-state index in [1.807, 2.05) is 13.8 Å². The summed E-state index contributed by atoms with van der Waals surface area (Å²) in [5.41, 5.74) is 1.57. The molecular weight excluding hydrogens is 351 g/mol. The average molecular weight is 369 g/mol. The van der Waals surface area contributed by atoms with Crippen LogP contribution in [0.2, 0.25) is 0 Å². The molecule has 0 unspecified atom stereocenters. The molecule has 0 aliphatic carbocycles. The van der Waals surface area contributed by atoms with Gasteiger partial charge in [-0.1, -0.05) is 0 Å². The number of nitrogens with zero attached hydrogens (tertiary/aromatic N) is 5. The zero-order chi connectivity index (χ0) is 18.9. The first-order valence-electron chi connectivity index (χ1n) is 7.97. The Morgan fingerprint density at radius 2 is 2.08 bits per heavy atom. The standard InChI is InChI=1S/C15H18F3N7O/c1-8(2)26-12-11(10-5-20-21-6-10)19-7-25-13(12)23-14(24-25)22-9(3)4-15(16,17)18/h5-9H,4H2,1-3H3,(H,20,21)(H,22,24)/t9-/m1/s1. The van der Waals surface area contributed by atoms with Crippen molar-refractivity contribution in [2.75, 3.05) is 5.32 Å². The Morgan fingerprint density at radius 1 is 1.31 bits per heavy atom. The molecule has 3 aromatic rings. The zero-order valence-electron chi connectivity index (χ0n) is 14.4. The van der Waals surface area contributed by atoms with Gasteiger partial charge >= 0.3 is 6.18 Å². The maximum atomic E-state index is 12.5. The van der Waals surface area contributed by atoms with E-state index in [2.05, 4.69) is 30.6 Å². The molecule has 26 heavy (non-hydrogen) atoms. The predicted molar refractivity (Wildman–Crippen MR) is 87.9 cm³/mol. The van der Waals surface area contributed by atoms with Gasteiger partial charge in [0.2, 0.25) is 11.6 Å². The van der Waals surface area contributed by atoms with Gasteiger partial charge in [0.15, 0.2) is 5.75 Å². The van der Waals surface area contributed by atoms with Crippen molar-refractivity contribution in [2.45, 2.75) is 45.5 Å². The third-order valence-corrected chi connectivity index (χ3v) is 3.38. The number of nitrogens with one attached hydrogen (secondary N) is 2. The van der Waals surface area contributed by atoms with Crippen molar-refractivity contribution < 1.29 is 17.9 Å². The number of alkyl halides is 3. The SMILES string of the molecule is CC(C)Oc1c(-c2cn[nH]c2)ncn2nc(N[C@H](C)CC(F)(F)F)nc12. The second-order valence-electron chi connectivity index (χ2n) is 6.14. The molecule has 0 fully saturated rings. The summed E-state index contributed by atoms with van der Waals surface area (Å²) in [6, 6.07) is -0.872. The van der Waals surface area contributed by atoms with Gasteiger partial charge in [-0.25, -0.2) is 4.98 Å². The third kappa shape index (κ3) is 4.03. The lowest BCUT2D eigenvalue weighted by atomic mass is 10.2. The maximum absolute atomic E-state index is 12.5. The van der Waals surface area contributed by atoms with Crippen LogP contribution in [-0.2, 0) is 0 Å². The van der Waals surface area contributed by atoms with Gasteiger partial charge in [-0.2, -0.15) is 27.8 Å². The molecule has 0 aliphatic heterocycles. The van der Waals surface area contributed by atoms with E-state index in [4.69, 9.17) is 4.74 Å². The lowest BCUT2D eigenvalue weighted by molar-refractivity contribution is -0.136. The van der Waals surface area contributed by atoms with Crippen LogP contribution in [-0.4, -0.2) is 48.1 Å². The number of aromatic nitrogens is 6. The number of ether oxygens (including phenoxy) is 1. The molecule has 11 heteroatoms. The Labute approximate surface area is 146 Å². The van der Waals surface area contributed by atoms with Crippen LogP contribution >= 0.6 is 0 Å². The van der Waals surface area contributed by atoms with Crippen molar-refractivity contribution in [3.63, 3.8) is 0 Å². The van der Waals surface area contributed by atoms with Crippen LogP contribution in [0.1, 0.15) is 27.2 Å². The Kier molecular flexibility index (Phi) is 4.70. The molecular formula is C15H18F3N7O. The van der Waals surface area contributed by atoms with Crippen molar-refractivity contribution in [3.05, 3.63) is 18.7 Å². The molecule has 3 rings (SSSR count). The molecule has 0 radical (unpaired) electrons. The highest BCUT2D eigenvalue weighted by atomic mass is 19.4. The van der Waals surface area contributed by atoms with Crippen LogP contribution in [0.3, 0.4) is 0 Å². The van der Waals surface area contributed by atoms with Crippen LogP contribution in [0.4, 0.5) is 19.1 Å². The highest BCUT2D eigenvalue weighted by molar-refractivity contribution is 5.73. The fourth-order valence-corrected chi connectivity index (χ4v) is 2.45. The normalized spacial score (nSPS) is 13.3. The van der Waals surface area contributed by atoms with E-state index in [1.165, 1.54) is 17.8 Å². The molecule has 2 N–H and O–H groups in total. The molecule has 0 saturated carbocycles. The first-order chi connectivity index (χ1) is 12.2. The molecule has 1 atom stereocenters. The maximum Gasteiger partial charge on any atom is 0.391 e. The summed E-state index contributed by atoms with van der Waals surface area (Å²) in [5, 5.41) is 13.4. The highest BCUT2D eigenvalue weighted by Crippen LogP contribution is 2.32. The molecule has 3 heterocycles. The monoisotopic (exact) mass is 369 g/mol. The molecule has 0 aromatic carbocycles. The van der Waals surface area contributed by atoms with Crippen molar-refractivity contribution in [3.8, 4) is 17.0 Å². The highest BCUT2D eigenvalue weighted by Gasteiger charge is 2.30. The number of fused-ring (bicyclic) bond motifs is 1. The fraction of sp³-hybridized carbons (Fsp3) is 0.467. The number of rotatable bonds is 6. The molecule has 140 valence electrons. The van der Waals surface area contributed by atoms with Gasteiger partial charge in [-0.3, -0.25) is 5.10 Å². The fourth-order valence-electron chi connectivity index (χ4n) is 2.45. The number of aromatic amines is 1. The summed E-state index contributed by atoms with van der Waals surface area (Å²) in [7, 11) is 0. The Bertz CT molecular complexity index is 873. The van der Waals surface area contributed by atoms with Gasteiger partial charge in [0.25, 0.3) is 0 Å². The van der Waals surface area contributed by atoms with Crippen LogP contribution < -0.4 is 10.1 Å². The molecule has 0 bridgehead atoms. The summed E-state index contributed by atoms with van der Waals surface area (Å²) in [5.74, 6) is 0.453. The number of hydrogen-bond acceptors (Lipinski definition) is 6. The molecule has 0 amide bonds. The number of halogens is 3. The van der Waals surface area contributed by atoms with E-state index in [-0.39, 0.29) is 12.1 Å². The first kappa shape index (κ1) is 18.0. The summed E-state index contributed by atoms with van der Waals surface area (Å²) in [6.07, 6.45) is -0.743. The second-order valence-corrected chi connectivity index (χ2v) is 6.14. The number of anilines is 1. The molecule has 0 saturated heterocycles. The molecule has 0 spiro atoms. The van der Waals surface area contributed by atoms with Crippen LogP contribution in [0, 0.1) is 0 Å². The predicted octanol–water partition coefficient (Wildman–Crippen LogP) is 3.05. The minimum Gasteiger partial charge on any atom is -0.485 e. The Morgan fingerprint density at radius 3 is 2.69 bits per heavy atom. The van der Waals surface area contributed by atoms with Crippen LogP contribution in [0.15, 0.2) is 18.7 Å². The van der Waals surface area contributed by atoms with Crippen molar-refractivity contribution in [2.24, 2.45) is 0 Å². The minimum atomic E-state index is -4.27. The first-order valence-corrected chi connectivity index (χ1v) is 7.97. The number of H-pyrrole nitrogens is 1.